The summed E-state index contributed by atoms with van der Waals surface area (Å²) < 4.78 is 2.24. The van der Waals surface area contributed by atoms with Crippen molar-refractivity contribution < 1.29 is 0 Å². The van der Waals surface area contributed by atoms with Crippen LogP contribution in [-0.4, -0.2) is 14.5 Å². The molecule has 0 aliphatic heterocycles. The number of hydrogen-bond acceptors (Lipinski definition) is 3. The Hall–Kier alpha value is -1.39. The van der Waals surface area contributed by atoms with Crippen molar-refractivity contribution in [3.05, 3.63) is 46.7 Å². The molecule has 104 valence electrons. The van der Waals surface area contributed by atoms with Crippen LogP contribution in [-0.2, 0) is 6.42 Å². The van der Waals surface area contributed by atoms with Crippen LogP contribution in [0.4, 0.5) is 0 Å². The highest BCUT2D eigenvalue weighted by Gasteiger charge is 2.19. The first-order valence-electron chi connectivity index (χ1n) is 6.65. The molecule has 0 saturated heterocycles. The van der Waals surface area contributed by atoms with Gasteiger partial charge in [-0.3, -0.25) is 4.98 Å². The summed E-state index contributed by atoms with van der Waals surface area (Å²) in [4.78, 5) is 10.2. The topological polar surface area (TPSA) is 30.7 Å². The van der Waals surface area contributed by atoms with Gasteiger partial charge in [0.2, 0.25) is 0 Å². The lowest BCUT2D eigenvalue weighted by atomic mass is 10.2. The average Bonchev–Trinajstić information content (AvgIpc) is 3.04. The molecule has 0 aliphatic rings. The fraction of sp³-hybridized carbons (Fsp3) is 0.333. The zero-order valence-electron chi connectivity index (χ0n) is 11.5. The molecule has 0 aliphatic carbocycles. The summed E-state index contributed by atoms with van der Waals surface area (Å²) >= 11 is 8.09. The quantitative estimate of drug-likeness (QED) is 0.660. The maximum Gasteiger partial charge on any atom is 0.128 e. The second-order valence-corrected chi connectivity index (χ2v) is 6.64. The number of halogens is 1. The van der Waals surface area contributed by atoms with Gasteiger partial charge in [0.25, 0.3) is 0 Å². The summed E-state index contributed by atoms with van der Waals surface area (Å²) in [5.74, 6) is 0.915. The normalized spacial score (nSPS) is 14.6. The van der Waals surface area contributed by atoms with Crippen molar-refractivity contribution in [2.75, 3.05) is 0 Å². The lowest BCUT2D eigenvalue weighted by molar-refractivity contribution is 0.538. The summed E-state index contributed by atoms with van der Waals surface area (Å²) in [7, 11) is 0. The smallest absolute Gasteiger partial charge is 0.128 e. The summed E-state index contributed by atoms with van der Waals surface area (Å²) in [6.07, 6.45) is 4.59. The van der Waals surface area contributed by atoms with Crippen molar-refractivity contribution >= 4 is 34.0 Å². The minimum atomic E-state index is -0.117. The minimum Gasteiger partial charge on any atom is -0.323 e. The lowest BCUT2D eigenvalue weighted by Gasteiger charge is -2.18. The van der Waals surface area contributed by atoms with Gasteiger partial charge in [0.1, 0.15) is 11.3 Å². The van der Waals surface area contributed by atoms with E-state index in [0.29, 0.717) is 6.04 Å². The van der Waals surface area contributed by atoms with Gasteiger partial charge in [-0.1, -0.05) is 6.07 Å². The molecule has 0 N–H and O–H groups in total. The second kappa shape index (κ2) is 5.54. The van der Waals surface area contributed by atoms with Gasteiger partial charge in [-0.05, 0) is 31.4 Å². The molecular formula is C15H16ClN3S. The third-order valence-corrected chi connectivity index (χ3v) is 4.49. The molecule has 0 spiro atoms. The van der Waals surface area contributed by atoms with E-state index >= 15 is 0 Å². The Kier molecular flexibility index (Phi) is 3.76. The maximum atomic E-state index is 6.30. The van der Waals surface area contributed by atoms with E-state index in [4.69, 9.17) is 11.6 Å². The summed E-state index contributed by atoms with van der Waals surface area (Å²) in [6, 6.07) is 6.59. The van der Waals surface area contributed by atoms with Gasteiger partial charge < -0.3 is 4.57 Å². The Morgan fingerprint density at radius 3 is 2.90 bits per heavy atom. The van der Waals surface area contributed by atoms with Crippen LogP contribution in [0.1, 0.15) is 36.0 Å². The monoisotopic (exact) mass is 305 g/mol. The van der Waals surface area contributed by atoms with Crippen molar-refractivity contribution in [1.82, 2.24) is 14.5 Å². The van der Waals surface area contributed by atoms with Crippen molar-refractivity contribution in [1.29, 1.82) is 0 Å². The zero-order chi connectivity index (χ0) is 14.1. The van der Waals surface area contributed by atoms with Gasteiger partial charge in [-0.15, -0.1) is 22.9 Å². The van der Waals surface area contributed by atoms with E-state index in [1.165, 1.54) is 4.88 Å². The Morgan fingerprint density at radius 2 is 2.20 bits per heavy atom. The molecule has 0 amide bonds. The summed E-state index contributed by atoms with van der Waals surface area (Å²) in [5.41, 5.74) is 2.01. The number of rotatable bonds is 4. The van der Waals surface area contributed by atoms with Crippen LogP contribution in [0.3, 0.4) is 0 Å². The first kappa shape index (κ1) is 13.6. The van der Waals surface area contributed by atoms with E-state index in [1.54, 1.807) is 23.7 Å². The van der Waals surface area contributed by atoms with Crippen molar-refractivity contribution in [3.8, 4) is 0 Å². The molecule has 0 saturated carbocycles. The number of pyridine rings is 1. The molecule has 2 unspecified atom stereocenters. The molecule has 3 aromatic rings. The molecular weight excluding hydrogens is 290 g/mol. The van der Waals surface area contributed by atoms with E-state index in [0.717, 1.165) is 23.3 Å². The Labute approximate surface area is 127 Å². The largest absolute Gasteiger partial charge is 0.323 e. The fourth-order valence-corrected chi connectivity index (χ4v) is 3.50. The van der Waals surface area contributed by atoms with Crippen molar-refractivity contribution in [2.24, 2.45) is 0 Å². The van der Waals surface area contributed by atoms with E-state index in [2.05, 4.69) is 39.0 Å². The zero-order valence-corrected chi connectivity index (χ0v) is 13.0. The Bertz CT molecular complexity index is 703. The number of hydrogen-bond donors (Lipinski definition) is 0. The van der Waals surface area contributed by atoms with E-state index in [9.17, 15) is 0 Å². The molecule has 0 aromatic carbocycles. The number of fused-ring (bicyclic) bond motifs is 1. The molecule has 3 nitrogen and oxygen atoms in total. The maximum absolute atomic E-state index is 6.30. The third kappa shape index (κ3) is 2.45. The molecule has 0 radical (unpaired) electrons. The van der Waals surface area contributed by atoms with Crippen molar-refractivity contribution in [2.45, 2.75) is 31.7 Å². The van der Waals surface area contributed by atoms with Crippen LogP contribution in [0.2, 0.25) is 0 Å². The first-order chi connectivity index (χ1) is 9.66. The molecule has 0 bridgehead atoms. The van der Waals surface area contributed by atoms with Crippen LogP contribution in [0.5, 0.6) is 0 Å². The molecule has 3 heterocycles. The van der Waals surface area contributed by atoms with Crippen molar-refractivity contribution in [3.63, 3.8) is 0 Å². The molecule has 0 fully saturated rings. The summed E-state index contributed by atoms with van der Waals surface area (Å²) in [6.45, 7) is 4.18. The molecule has 3 rings (SSSR count). The highest BCUT2D eigenvalue weighted by molar-refractivity contribution is 7.09. The highest BCUT2D eigenvalue weighted by atomic mass is 35.5. The van der Waals surface area contributed by atoms with Gasteiger partial charge in [-0.25, -0.2) is 4.98 Å². The van der Waals surface area contributed by atoms with E-state index < -0.39 is 0 Å². The minimum absolute atomic E-state index is 0.117. The van der Waals surface area contributed by atoms with Gasteiger partial charge in [-0.2, -0.15) is 0 Å². The van der Waals surface area contributed by atoms with Crippen LogP contribution < -0.4 is 0 Å². The van der Waals surface area contributed by atoms with Crippen LogP contribution in [0.15, 0.2) is 36.0 Å². The average molecular weight is 306 g/mol. The first-order valence-corrected chi connectivity index (χ1v) is 7.96. The van der Waals surface area contributed by atoms with Gasteiger partial charge >= 0.3 is 0 Å². The molecule has 2 atom stereocenters. The standard InChI is InChI=1S/C15H16ClN3S/c1-10(8-12-4-3-7-20-12)19-14-5-6-17-9-13(14)18-15(19)11(2)16/h3-7,9-11H,8H2,1-2H3. The number of alkyl halides is 1. The fourth-order valence-electron chi connectivity index (χ4n) is 2.52. The summed E-state index contributed by atoms with van der Waals surface area (Å²) in [5, 5.41) is 2.00. The van der Waals surface area contributed by atoms with Crippen LogP contribution in [0, 0.1) is 0 Å². The molecule has 3 aromatic heterocycles. The van der Waals surface area contributed by atoms with Crippen LogP contribution >= 0.6 is 22.9 Å². The third-order valence-electron chi connectivity index (χ3n) is 3.39. The second-order valence-electron chi connectivity index (χ2n) is 4.95. The van der Waals surface area contributed by atoms with Gasteiger partial charge in [0, 0.05) is 23.5 Å². The Balaban J connectivity index is 2.06. The van der Waals surface area contributed by atoms with Crippen LogP contribution in [0.25, 0.3) is 11.0 Å². The van der Waals surface area contributed by atoms with E-state index in [1.807, 2.05) is 13.0 Å². The molecule has 20 heavy (non-hydrogen) atoms. The number of nitrogens with zero attached hydrogens (tertiary/aromatic N) is 3. The molecule has 5 heteroatoms. The lowest BCUT2D eigenvalue weighted by Crippen LogP contribution is -2.11. The SMILES string of the molecule is CC(Cl)c1nc2cnccc2n1C(C)Cc1cccs1. The predicted molar refractivity (Wildman–Crippen MR) is 84.5 cm³/mol. The van der Waals surface area contributed by atoms with Gasteiger partial charge in [0.15, 0.2) is 0 Å². The van der Waals surface area contributed by atoms with E-state index in [-0.39, 0.29) is 5.38 Å². The number of aromatic nitrogens is 3. The highest BCUT2D eigenvalue weighted by Crippen LogP contribution is 2.29. The number of thiophene rings is 1. The Morgan fingerprint density at radius 1 is 1.35 bits per heavy atom. The number of imidazole rings is 1. The predicted octanol–water partition coefficient (Wildman–Crippen LogP) is 4.60. The van der Waals surface area contributed by atoms with Gasteiger partial charge in [0.05, 0.1) is 17.1 Å².